The van der Waals surface area contributed by atoms with E-state index >= 15 is 0 Å². The fourth-order valence-corrected chi connectivity index (χ4v) is 5.23. The lowest BCUT2D eigenvalue weighted by Gasteiger charge is -2.50. The van der Waals surface area contributed by atoms with Gasteiger partial charge < -0.3 is 4.74 Å². The van der Waals surface area contributed by atoms with Crippen LogP contribution >= 0.6 is 0 Å². The van der Waals surface area contributed by atoms with Gasteiger partial charge in [0, 0.05) is 6.08 Å². The van der Waals surface area contributed by atoms with Gasteiger partial charge in [0.1, 0.15) is 6.10 Å². The van der Waals surface area contributed by atoms with E-state index in [1.807, 2.05) is 6.92 Å². The van der Waals surface area contributed by atoms with Crippen molar-refractivity contribution in [1.82, 2.24) is 0 Å². The first-order chi connectivity index (χ1) is 9.79. The molecule has 0 bridgehead atoms. The summed E-state index contributed by atoms with van der Waals surface area (Å²) in [4.78, 5) is 11.8. The van der Waals surface area contributed by atoms with E-state index < -0.39 is 0 Å². The predicted molar refractivity (Wildman–Crippen MR) is 80.2 cm³/mol. The van der Waals surface area contributed by atoms with Crippen LogP contribution in [-0.4, -0.2) is 12.1 Å². The molecule has 0 radical (unpaired) electrons. The lowest BCUT2D eigenvalue weighted by molar-refractivity contribution is -0.153. The van der Waals surface area contributed by atoms with Crippen LogP contribution in [0.1, 0.15) is 64.7 Å². The molecule has 0 aromatic heterocycles. The van der Waals surface area contributed by atoms with Gasteiger partial charge in [-0.05, 0) is 69.1 Å². The van der Waals surface area contributed by atoms with Gasteiger partial charge in [-0.25, -0.2) is 4.79 Å². The minimum atomic E-state index is -0.135. The third kappa shape index (κ3) is 2.80. The van der Waals surface area contributed by atoms with Crippen LogP contribution in [0.4, 0.5) is 0 Å². The second-order valence-electron chi connectivity index (χ2n) is 7.02. The Bertz CT molecular complexity index is 374. The summed E-state index contributed by atoms with van der Waals surface area (Å²) in [5.41, 5.74) is 0. The van der Waals surface area contributed by atoms with Gasteiger partial charge in [0.15, 0.2) is 0 Å². The van der Waals surface area contributed by atoms with Crippen molar-refractivity contribution in [2.24, 2.45) is 23.7 Å². The standard InChI is InChI=1S/C18H28O2/c1-2-6-18(19)20-17-10-5-9-15-14-8-4-3-7-13(14)11-12-16(15)17/h2,6,13-17H,3-5,7-12H2,1H3. The first-order valence-corrected chi connectivity index (χ1v) is 8.63. The normalized spacial score (nSPS) is 41.0. The molecule has 2 heteroatoms. The molecule has 3 aliphatic carbocycles. The Morgan fingerprint density at radius 2 is 1.70 bits per heavy atom. The largest absolute Gasteiger partial charge is 0.459 e. The van der Waals surface area contributed by atoms with Crippen LogP contribution in [-0.2, 0) is 9.53 Å². The first kappa shape index (κ1) is 14.2. The SMILES string of the molecule is CC=CC(=O)OC1CCCC2C3CCCCC3CCC12. The first-order valence-electron chi connectivity index (χ1n) is 8.63. The molecule has 3 rings (SSSR count). The molecule has 3 aliphatic rings. The Balaban J connectivity index is 1.68. The number of carbonyl (C=O) groups is 1. The lowest BCUT2D eigenvalue weighted by Crippen LogP contribution is -2.45. The van der Waals surface area contributed by atoms with Crippen molar-refractivity contribution in [2.45, 2.75) is 70.8 Å². The zero-order valence-corrected chi connectivity index (χ0v) is 12.7. The summed E-state index contributed by atoms with van der Waals surface area (Å²) in [6.45, 7) is 1.87. The molecule has 0 spiro atoms. The average Bonchev–Trinajstić information content (AvgIpc) is 2.47. The van der Waals surface area contributed by atoms with Gasteiger partial charge in [0.05, 0.1) is 0 Å². The van der Waals surface area contributed by atoms with Crippen molar-refractivity contribution in [3.8, 4) is 0 Å². The monoisotopic (exact) mass is 276 g/mol. The number of carbonyl (C=O) groups excluding carboxylic acids is 1. The van der Waals surface area contributed by atoms with Crippen molar-refractivity contribution < 1.29 is 9.53 Å². The van der Waals surface area contributed by atoms with Crippen molar-refractivity contribution in [3.63, 3.8) is 0 Å². The molecule has 5 atom stereocenters. The number of hydrogen-bond donors (Lipinski definition) is 0. The summed E-state index contributed by atoms with van der Waals surface area (Å²) in [6, 6.07) is 0. The average molecular weight is 276 g/mol. The zero-order valence-electron chi connectivity index (χ0n) is 12.7. The van der Waals surface area contributed by atoms with Gasteiger partial charge in [-0.15, -0.1) is 0 Å². The van der Waals surface area contributed by atoms with E-state index in [1.165, 1.54) is 51.4 Å². The van der Waals surface area contributed by atoms with Crippen molar-refractivity contribution in [2.75, 3.05) is 0 Å². The van der Waals surface area contributed by atoms with Crippen LogP contribution in [0.3, 0.4) is 0 Å². The Morgan fingerprint density at radius 1 is 0.900 bits per heavy atom. The van der Waals surface area contributed by atoms with E-state index in [4.69, 9.17) is 4.74 Å². The minimum absolute atomic E-state index is 0.135. The molecule has 0 saturated heterocycles. The quantitative estimate of drug-likeness (QED) is 0.548. The number of esters is 1. The molecule has 0 aromatic carbocycles. The van der Waals surface area contributed by atoms with E-state index in [2.05, 4.69) is 0 Å². The summed E-state index contributed by atoms with van der Waals surface area (Å²) in [6.07, 6.45) is 15.7. The molecule has 0 N–H and O–H groups in total. The molecule has 0 heterocycles. The summed E-state index contributed by atoms with van der Waals surface area (Å²) < 4.78 is 5.76. The predicted octanol–water partition coefficient (Wildman–Crippen LogP) is 4.49. The smallest absolute Gasteiger partial charge is 0.330 e. The van der Waals surface area contributed by atoms with Crippen LogP contribution in [0.5, 0.6) is 0 Å². The molecule has 20 heavy (non-hydrogen) atoms. The van der Waals surface area contributed by atoms with Gasteiger partial charge in [-0.2, -0.15) is 0 Å². The zero-order chi connectivity index (χ0) is 13.9. The molecule has 0 aromatic rings. The number of hydrogen-bond acceptors (Lipinski definition) is 2. The van der Waals surface area contributed by atoms with Crippen LogP contribution in [0.2, 0.25) is 0 Å². The molecule has 3 saturated carbocycles. The maximum atomic E-state index is 11.8. The van der Waals surface area contributed by atoms with Gasteiger partial charge in [0.2, 0.25) is 0 Å². The summed E-state index contributed by atoms with van der Waals surface area (Å²) in [5.74, 6) is 3.27. The molecule has 112 valence electrons. The highest BCUT2D eigenvalue weighted by Gasteiger charge is 2.45. The van der Waals surface area contributed by atoms with Gasteiger partial charge >= 0.3 is 5.97 Å². The Morgan fingerprint density at radius 3 is 2.55 bits per heavy atom. The van der Waals surface area contributed by atoms with E-state index in [9.17, 15) is 4.79 Å². The summed E-state index contributed by atoms with van der Waals surface area (Å²) in [7, 11) is 0. The van der Waals surface area contributed by atoms with Crippen LogP contribution in [0, 0.1) is 23.7 Å². The van der Waals surface area contributed by atoms with E-state index in [1.54, 1.807) is 12.2 Å². The van der Waals surface area contributed by atoms with Gasteiger partial charge in [-0.1, -0.05) is 25.3 Å². The van der Waals surface area contributed by atoms with E-state index in [-0.39, 0.29) is 12.1 Å². The van der Waals surface area contributed by atoms with Crippen LogP contribution in [0.25, 0.3) is 0 Å². The third-order valence-corrected chi connectivity index (χ3v) is 6.01. The second kappa shape index (κ2) is 6.32. The fourth-order valence-electron chi connectivity index (χ4n) is 5.23. The third-order valence-electron chi connectivity index (χ3n) is 6.01. The molecule has 0 aliphatic heterocycles. The molecule has 2 nitrogen and oxygen atoms in total. The molecule has 3 fully saturated rings. The maximum Gasteiger partial charge on any atom is 0.330 e. The molecule has 0 amide bonds. The van der Waals surface area contributed by atoms with Gasteiger partial charge in [-0.3, -0.25) is 0 Å². The van der Waals surface area contributed by atoms with Crippen molar-refractivity contribution in [3.05, 3.63) is 12.2 Å². The minimum Gasteiger partial charge on any atom is -0.459 e. The second-order valence-corrected chi connectivity index (χ2v) is 7.02. The van der Waals surface area contributed by atoms with Crippen molar-refractivity contribution in [1.29, 1.82) is 0 Å². The van der Waals surface area contributed by atoms with E-state index in [0.717, 1.165) is 24.2 Å². The Labute approximate surface area is 123 Å². The fraction of sp³-hybridized carbons (Fsp3) is 0.833. The highest BCUT2D eigenvalue weighted by molar-refractivity contribution is 5.81. The number of fused-ring (bicyclic) bond motifs is 3. The summed E-state index contributed by atoms with van der Waals surface area (Å²) >= 11 is 0. The van der Waals surface area contributed by atoms with E-state index in [0.29, 0.717) is 5.92 Å². The molecule has 5 unspecified atom stereocenters. The number of ether oxygens (including phenoxy) is 1. The highest BCUT2D eigenvalue weighted by Crippen LogP contribution is 2.51. The molecular formula is C18H28O2. The lowest BCUT2D eigenvalue weighted by atomic mass is 9.57. The number of allylic oxidation sites excluding steroid dienone is 1. The van der Waals surface area contributed by atoms with Crippen molar-refractivity contribution >= 4 is 5.97 Å². The molecular weight excluding hydrogens is 248 g/mol. The highest BCUT2D eigenvalue weighted by atomic mass is 16.5. The maximum absolute atomic E-state index is 11.8. The van der Waals surface area contributed by atoms with Crippen LogP contribution in [0.15, 0.2) is 12.2 Å². The Hall–Kier alpha value is -0.790. The number of rotatable bonds is 2. The van der Waals surface area contributed by atoms with Crippen LogP contribution < -0.4 is 0 Å². The summed E-state index contributed by atoms with van der Waals surface area (Å²) in [5, 5.41) is 0. The topological polar surface area (TPSA) is 26.3 Å². The van der Waals surface area contributed by atoms with Gasteiger partial charge in [0.25, 0.3) is 0 Å². The Kier molecular flexibility index (Phi) is 4.48.